The number of pyridine rings is 2. The summed E-state index contributed by atoms with van der Waals surface area (Å²) in [4.78, 5) is 40.2. The predicted octanol–water partition coefficient (Wildman–Crippen LogP) is 4.82. The zero-order valence-corrected chi connectivity index (χ0v) is 20.6. The van der Waals surface area contributed by atoms with E-state index in [9.17, 15) is 9.59 Å². The number of benzene rings is 2. The number of hydrogen-bond donors (Lipinski definition) is 2. The lowest BCUT2D eigenvalue weighted by Gasteiger charge is -2.12. The number of H-pyrrole nitrogens is 2. The van der Waals surface area contributed by atoms with E-state index < -0.39 is 0 Å². The van der Waals surface area contributed by atoms with Crippen molar-refractivity contribution in [2.75, 3.05) is 0 Å². The van der Waals surface area contributed by atoms with Crippen molar-refractivity contribution < 1.29 is 0 Å². The second kappa shape index (κ2) is 9.56. The quantitative estimate of drug-likeness (QED) is 0.235. The number of hydrogen-bond acceptors (Lipinski definition) is 6. The highest BCUT2D eigenvalue weighted by atomic mass is 33.1. The topological polar surface area (TPSA) is 101 Å². The van der Waals surface area contributed by atoms with Crippen LogP contribution >= 0.6 is 21.6 Å². The van der Waals surface area contributed by atoms with Gasteiger partial charge in [0.25, 0.3) is 0 Å². The van der Waals surface area contributed by atoms with Crippen LogP contribution in [-0.2, 0) is 11.5 Å². The molecule has 0 amide bonds. The molecule has 6 aromatic rings. The summed E-state index contributed by atoms with van der Waals surface area (Å²) >= 11 is 0. The maximum Gasteiger partial charge on any atom is 0.212 e. The van der Waals surface area contributed by atoms with E-state index in [1.54, 1.807) is 46.1 Å². The minimum absolute atomic E-state index is 0.0512. The standard InChI is InChI=1S/C26H20N6O2S2/c33-19-9-11-31(25-27-21-5-1-2-6-22(21)28-25)17(13-19)15-35-36-16-18-14-20(34)10-12-32(18)26-29-23-7-3-4-8-24(23)30-26/h1-14H,15-16H2,(H,27,28)(H,29,30). The number of nitrogens with zero attached hydrogens (tertiary/aromatic N) is 4. The molecule has 0 saturated heterocycles. The molecule has 0 fully saturated rings. The molecule has 10 heteroatoms. The van der Waals surface area contributed by atoms with Crippen LogP contribution in [0, 0.1) is 0 Å². The van der Waals surface area contributed by atoms with E-state index in [2.05, 4.69) is 19.9 Å². The van der Waals surface area contributed by atoms with Crippen molar-refractivity contribution in [3.05, 3.63) is 117 Å². The van der Waals surface area contributed by atoms with E-state index in [1.165, 1.54) is 12.1 Å². The molecule has 36 heavy (non-hydrogen) atoms. The summed E-state index contributed by atoms with van der Waals surface area (Å²) < 4.78 is 3.81. The van der Waals surface area contributed by atoms with Gasteiger partial charge in [0.2, 0.25) is 11.9 Å². The van der Waals surface area contributed by atoms with E-state index in [-0.39, 0.29) is 10.9 Å². The Kier molecular flexibility index (Phi) is 5.96. The number of aromatic amines is 2. The third-order valence-electron chi connectivity index (χ3n) is 5.72. The normalized spacial score (nSPS) is 11.4. The number of imidazole rings is 2. The third-order valence-corrected chi connectivity index (χ3v) is 7.92. The van der Waals surface area contributed by atoms with Gasteiger partial charge in [0, 0.05) is 59.6 Å². The SMILES string of the molecule is O=c1ccn(-c2nc3ccccc3[nH]2)c(CSSCc2cc(=O)ccn2-c2nc3ccccc3[nH]2)c1. The fourth-order valence-electron chi connectivity index (χ4n) is 4.00. The van der Waals surface area contributed by atoms with E-state index in [1.807, 2.05) is 57.7 Å². The lowest BCUT2D eigenvalue weighted by atomic mass is 10.3. The monoisotopic (exact) mass is 512 g/mol. The molecule has 0 saturated carbocycles. The second-order valence-electron chi connectivity index (χ2n) is 8.13. The number of rotatable bonds is 7. The Bertz CT molecular complexity index is 1620. The van der Waals surface area contributed by atoms with Crippen molar-refractivity contribution in [1.29, 1.82) is 0 Å². The summed E-state index contributed by atoms with van der Waals surface area (Å²) in [6.07, 6.45) is 3.49. The fourth-order valence-corrected chi connectivity index (χ4v) is 6.08. The first kappa shape index (κ1) is 22.4. The minimum atomic E-state index is -0.0512. The van der Waals surface area contributed by atoms with Gasteiger partial charge in [-0.15, -0.1) is 0 Å². The molecule has 178 valence electrons. The first-order chi connectivity index (χ1) is 17.6. The largest absolute Gasteiger partial charge is 0.323 e. The lowest BCUT2D eigenvalue weighted by Crippen LogP contribution is -2.10. The predicted molar refractivity (Wildman–Crippen MR) is 146 cm³/mol. The molecule has 4 aromatic heterocycles. The molecule has 0 aliphatic carbocycles. The van der Waals surface area contributed by atoms with E-state index in [0.717, 1.165) is 33.5 Å². The Balaban J connectivity index is 1.21. The number of aromatic nitrogens is 6. The zero-order chi connectivity index (χ0) is 24.5. The first-order valence-corrected chi connectivity index (χ1v) is 13.7. The molecule has 0 aliphatic rings. The summed E-state index contributed by atoms with van der Waals surface area (Å²) in [6, 6.07) is 22.0. The van der Waals surface area contributed by atoms with Gasteiger partial charge >= 0.3 is 0 Å². The van der Waals surface area contributed by atoms with Crippen LogP contribution in [-0.4, -0.2) is 29.1 Å². The van der Waals surface area contributed by atoms with Crippen molar-refractivity contribution in [3.8, 4) is 11.9 Å². The van der Waals surface area contributed by atoms with Crippen molar-refractivity contribution in [1.82, 2.24) is 29.1 Å². The smallest absolute Gasteiger partial charge is 0.212 e. The molecule has 8 nitrogen and oxygen atoms in total. The van der Waals surface area contributed by atoms with Crippen LogP contribution in [0.5, 0.6) is 0 Å². The van der Waals surface area contributed by atoms with Gasteiger partial charge in [-0.25, -0.2) is 9.97 Å². The van der Waals surface area contributed by atoms with Gasteiger partial charge in [-0.05, 0) is 24.3 Å². The molecule has 0 atom stereocenters. The van der Waals surface area contributed by atoms with Gasteiger partial charge in [0.05, 0.1) is 22.1 Å². The highest BCUT2D eigenvalue weighted by molar-refractivity contribution is 8.76. The van der Waals surface area contributed by atoms with Gasteiger partial charge in [-0.1, -0.05) is 45.9 Å². The van der Waals surface area contributed by atoms with Crippen molar-refractivity contribution in [2.45, 2.75) is 11.5 Å². The Morgan fingerprint density at radius 2 is 1.08 bits per heavy atom. The Labute approximate surface area is 212 Å². The molecule has 0 bridgehead atoms. The first-order valence-electron chi connectivity index (χ1n) is 11.2. The summed E-state index contributed by atoms with van der Waals surface area (Å²) in [6.45, 7) is 0. The third kappa shape index (κ3) is 4.48. The highest BCUT2D eigenvalue weighted by Gasteiger charge is 2.11. The molecule has 0 spiro atoms. The summed E-state index contributed by atoms with van der Waals surface area (Å²) in [5.74, 6) is 2.50. The van der Waals surface area contributed by atoms with Crippen LogP contribution in [0.2, 0.25) is 0 Å². The molecule has 2 aromatic carbocycles. The van der Waals surface area contributed by atoms with Crippen LogP contribution in [0.4, 0.5) is 0 Å². The van der Waals surface area contributed by atoms with Crippen LogP contribution < -0.4 is 10.9 Å². The van der Waals surface area contributed by atoms with Crippen molar-refractivity contribution >= 4 is 43.7 Å². The Hall–Kier alpha value is -4.02. The van der Waals surface area contributed by atoms with Gasteiger partial charge in [-0.3, -0.25) is 18.7 Å². The molecule has 2 N–H and O–H groups in total. The van der Waals surface area contributed by atoms with Crippen LogP contribution in [0.3, 0.4) is 0 Å². The van der Waals surface area contributed by atoms with E-state index in [4.69, 9.17) is 0 Å². The molecule has 0 unspecified atom stereocenters. The maximum absolute atomic E-state index is 12.1. The van der Waals surface area contributed by atoms with Crippen LogP contribution in [0.15, 0.2) is 94.8 Å². The fraction of sp³-hybridized carbons (Fsp3) is 0.0769. The average molecular weight is 513 g/mol. The summed E-state index contributed by atoms with van der Waals surface area (Å²) in [5, 5.41) is 0. The van der Waals surface area contributed by atoms with E-state index in [0.29, 0.717) is 23.4 Å². The van der Waals surface area contributed by atoms with Crippen LogP contribution in [0.1, 0.15) is 11.4 Å². The number of fused-ring (bicyclic) bond motifs is 2. The second-order valence-corrected chi connectivity index (χ2v) is 10.6. The zero-order valence-electron chi connectivity index (χ0n) is 18.9. The summed E-state index contributed by atoms with van der Waals surface area (Å²) in [5.41, 5.74) is 5.18. The molecule has 6 rings (SSSR count). The number of nitrogens with one attached hydrogen (secondary N) is 2. The van der Waals surface area contributed by atoms with Gasteiger partial charge in [-0.2, -0.15) is 0 Å². The van der Waals surface area contributed by atoms with Crippen molar-refractivity contribution in [3.63, 3.8) is 0 Å². The van der Waals surface area contributed by atoms with Gasteiger partial charge in [0.15, 0.2) is 10.9 Å². The van der Waals surface area contributed by atoms with E-state index >= 15 is 0 Å². The molecular formula is C26H20N6O2S2. The minimum Gasteiger partial charge on any atom is -0.323 e. The molecule has 0 radical (unpaired) electrons. The molecule has 0 aliphatic heterocycles. The molecular weight excluding hydrogens is 492 g/mol. The Morgan fingerprint density at radius 1 is 0.639 bits per heavy atom. The Morgan fingerprint density at radius 3 is 1.53 bits per heavy atom. The average Bonchev–Trinajstić information content (AvgIpc) is 3.51. The highest BCUT2D eigenvalue weighted by Crippen LogP contribution is 2.30. The number of para-hydroxylation sites is 4. The lowest BCUT2D eigenvalue weighted by molar-refractivity contribution is 0.901. The van der Waals surface area contributed by atoms with Gasteiger partial charge in [0.1, 0.15) is 0 Å². The maximum atomic E-state index is 12.1. The van der Waals surface area contributed by atoms with Crippen LogP contribution in [0.25, 0.3) is 34.0 Å². The summed E-state index contributed by atoms with van der Waals surface area (Å²) in [7, 11) is 3.22. The molecule has 4 heterocycles. The van der Waals surface area contributed by atoms with Crippen molar-refractivity contribution in [2.24, 2.45) is 0 Å². The van der Waals surface area contributed by atoms with Gasteiger partial charge < -0.3 is 9.97 Å².